The second-order valence-electron chi connectivity index (χ2n) is 4.72. The van der Waals surface area contributed by atoms with Crippen LogP contribution in [-0.2, 0) is 9.59 Å². The highest BCUT2D eigenvalue weighted by atomic mass is 32.2. The Morgan fingerprint density at radius 2 is 2.00 bits per heavy atom. The number of thioether (sulfide) groups is 1. The number of carboxylic acid groups (broad SMARTS) is 1. The molecule has 1 aliphatic carbocycles. The summed E-state index contributed by atoms with van der Waals surface area (Å²) in [5, 5.41) is 9.06. The van der Waals surface area contributed by atoms with Crippen LogP contribution in [0.25, 0.3) is 0 Å². The molecule has 96 valence electrons. The van der Waals surface area contributed by atoms with Gasteiger partial charge in [0, 0.05) is 11.8 Å². The maximum absolute atomic E-state index is 12.3. The lowest BCUT2D eigenvalue weighted by molar-refractivity contribution is -0.150. The molecular formula is C11H18N2O3S. The van der Waals surface area contributed by atoms with Crippen molar-refractivity contribution in [3.63, 3.8) is 0 Å². The van der Waals surface area contributed by atoms with E-state index in [4.69, 9.17) is 10.8 Å². The fourth-order valence-corrected chi connectivity index (χ4v) is 3.70. The average molecular weight is 258 g/mol. The SMILES string of the molecule is NC1CCCCC1C(=O)N1CSC[C@H]1C(=O)O. The first kappa shape index (κ1) is 12.7. The van der Waals surface area contributed by atoms with Crippen molar-refractivity contribution >= 4 is 23.6 Å². The Morgan fingerprint density at radius 3 is 2.65 bits per heavy atom. The van der Waals surface area contributed by atoms with Gasteiger partial charge in [-0.25, -0.2) is 4.79 Å². The molecule has 0 radical (unpaired) electrons. The van der Waals surface area contributed by atoms with E-state index in [1.54, 1.807) is 0 Å². The van der Waals surface area contributed by atoms with Crippen LogP contribution in [0.1, 0.15) is 25.7 Å². The molecular weight excluding hydrogens is 240 g/mol. The molecule has 1 aliphatic heterocycles. The second kappa shape index (κ2) is 5.27. The van der Waals surface area contributed by atoms with Gasteiger partial charge >= 0.3 is 5.97 Å². The van der Waals surface area contributed by atoms with Crippen LogP contribution in [0.5, 0.6) is 0 Å². The maximum atomic E-state index is 12.3. The predicted octanol–water partition coefficient (Wildman–Crippen LogP) is 0.490. The van der Waals surface area contributed by atoms with Crippen LogP contribution in [0, 0.1) is 5.92 Å². The van der Waals surface area contributed by atoms with Crippen LogP contribution in [0.3, 0.4) is 0 Å². The summed E-state index contributed by atoms with van der Waals surface area (Å²) in [6, 6.07) is -0.766. The lowest BCUT2D eigenvalue weighted by Gasteiger charge is -2.32. The van der Waals surface area contributed by atoms with E-state index in [-0.39, 0.29) is 17.9 Å². The molecule has 0 spiro atoms. The van der Waals surface area contributed by atoms with Crippen LogP contribution in [-0.4, -0.2) is 45.6 Å². The normalized spacial score (nSPS) is 33.7. The number of carbonyl (C=O) groups is 2. The first-order valence-corrected chi connectivity index (χ1v) is 7.13. The Hall–Kier alpha value is -0.750. The molecule has 6 heteroatoms. The Kier molecular flexibility index (Phi) is 3.93. The third kappa shape index (κ3) is 2.57. The Labute approximate surface area is 105 Å². The van der Waals surface area contributed by atoms with E-state index in [2.05, 4.69) is 0 Å². The summed E-state index contributed by atoms with van der Waals surface area (Å²) in [6.07, 6.45) is 3.76. The van der Waals surface area contributed by atoms with Gasteiger partial charge in [-0.05, 0) is 12.8 Å². The zero-order valence-electron chi connectivity index (χ0n) is 9.67. The fourth-order valence-electron chi connectivity index (χ4n) is 2.54. The minimum atomic E-state index is -0.910. The minimum Gasteiger partial charge on any atom is -0.480 e. The van der Waals surface area contributed by atoms with Gasteiger partial charge in [-0.3, -0.25) is 4.79 Å². The predicted molar refractivity (Wildman–Crippen MR) is 65.5 cm³/mol. The molecule has 2 aliphatic rings. The van der Waals surface area contributed by atoms with Crippen molar-refractivity contribution in [3.05, 3.63) is 0 Å². The molecule has 3 N–H and O–H groups in total. The highest BCUT2D eigenvalue weighted by Crippen LogP contribution is 2.29. The molecule has 3 atom stereocenters. The number of amides is 1. The lowest BCUT2D eigenvalue weighted by Crippen LogP contribution is -2.49. The summed E-state index contributed by atoms with van der Waals surface area (Å²) in [5.41, 5.74) is 5.97. The van der Waals surface area contributed by atoms with Gasteiger partial charge in [-0.2, -0.15) is 0 Å². The number of carbonyl (C=O) groups excluding carboxylic acids is 1. The van der Waals surface area contributed by atoms with Gasteiger partial charge in [0.2, 0.25) is 5.91 Å². The number of aliphatic carboxylic acids is 1. The number of hydrogen-bond acceptors (Lipinski definition) is 4. The maximum Gasteiger partial charge on any atom is 0.327 e. The van der Waals surface area contributed by atoms with Crippen molar-refractivity contribution in [2.45, 2.75) is 37.8 Å². The highest BCUT2D eigenvalue weighted by molar-refractivity contribution is 7.99. The number of carboxylic acids is 1. The van der Waals surface area contributed by atoms with E-state index < -0.39 is 12.0 Å². The van der Waals surface area contributed by atoms with E-state index in [0.717, 1.165) is 25.7 Å². The van der Waals surface area contributed by atoms with Gasteiger partial charge in [0.15, 0.2) is 0 Å². The number of rotatable bonds is 2. The van der Waals surface area contributed by atoms with Crippen molar-refractivity contribution in [2.75, 3.05) is 11.6 Å². The van der Waals surface area contributed by atoms with Crippen molar-refractivity contribution in [1.82, 2.24) is 4.90 Å². The van der Waals surface area contributed by atoms with E-state index in [1.165, 1.54) is 16.7 Å². The highest BCUT2D eigenvalue weighted by Gasteiger charge is 2.39. The zero-order chi connectivity index (χ0) is 12.4. The number of hydrogen-bond donors (Lipinski definition) is 2. The van der Waals surface area contributed by atoms with Crippen LogP contribution >= 0.6 is 11.8 Å². The smallest absolute Gasteiger partial charge is 0.327 e. The third-order valence-corrected chi connectivity index (χ3v) is 4.60. The molecule has 0 aromatic heterocycles. The van der Waals surface area contributed by atoms with Gasteiger partial charge in [-0.1, -0.05) is 12.8 Å². The summed E-state index contributed by atoms with van der Waals surface area (Å²) in [6.45, 7) is 0. The van der Waals surface area contributed by atoms with Gasteiger partial charge in [-0.15, -0.1) is 11.8 Å². The fraction of sp³-hybridized carbons (Fsp3) is 0.818. The van der Waals surface area contributed by atoms with Gasteiger partial charge < -0.3 is 15.7 Å². The molecule has 2 fully saturated rings. The zero-order valence-corrected chi connectivity index (χ0v) is 10.5. The van der Waals surface area contributed by atoms with Gasteiger partial charge in [0.1, 0.15) is 6.04 Å². The lowest BCUT2D eigenvalue weighted by atomic mass is 9.84. The monoisotopic (exact) mass is 258 g/mol. The Morgan fingerprint density at radius 1 is 1.29 bits per heavy atom. The molecule has 0 aromatic rings. The van der Waals surface area contributed by atoms with E-state index in [9.17, 15) is 9.59 Å². The summed E-state index contributed by atoms with van der Waals surface area (Å²) >= 11 is 1.50. The van der Waals surface area contributed by atoms with E-state index >= 15 is 0 Å². The van der Waals surface area contributed by atoms with Crippen molar-refractivity contribution in [2.24, 2.45) is 11.7 Å². The molecule has 2 unspecified atom stereocenters. The first-order chi connectivity index (χ1) is 8.11. The molecule has 17 heavy (non-hydrogen) atoms. The van der Waals surface area contributed by atoms with Crippen LogP contribution in [0.2, 0.25) is 0 Å². The van der Waals surface area contributed by atoms with Gasteiger partial charge in [0.25, 0.3) is 0 Å². The second-order valence-corrected chi connectivity index (χ2v) is 5.72. The topological polar surface area (TPSA) is 83.6 Å². The largest absolute Gasteiger partial charge is 0.480 e. The van der Waals surface area contributed by atoms with Crippen LogP contribution in [0.4, 0.5) is 0 Å². The molecule has 1 amide bonds. The number of nitrogens with two attached hydrogens (primary N) is 1. The van der Waals surface area contributed by atoms with Crippen molar-refractivity contribution in [3.8, 4) is 0 Å². The molecule has 5 nitrogen and oxygen atoms in total. The Bertz CT molecular complexity index is 324. The summed E-state index contributed by atoms with van der Waals surface area (Å²) < 4.78 is 0. The number of nitrogens with zero attached hydrogens (tertiary/aromatic N) is 1. The molecule has 1 heterocycles. The van der Waals surface area contributed by atoms with Crippen LogP contribution < -0.4 is 5.73 Å². The summed E-state index contributed by atoms with van der Waals surface area (Å²) in [7, 11) is 0. The minimum absolute atomic E-state index is 0.0606. The van der Waals surface area contributed by atoms with Crippen molar-refractivity contribution in [1.29, 1.82) is 0 Å². The standard InChI is InChI=1S/C11H18N2O3S/c12-8-4-2-1-3-7(8)10(14)13-6-17-5-9(13)11(15)16/h7-9H,1-6,12H2,(H,15,16)/t7?,8?,9-/m0/s1. The first-order valence-electron chi connectivity index (χ1n) is 5.98. The Balaban J connectivity index is 2.05. The quantitative estimate of drug-likeness (QED) is 0.753. The molecule has 2 rings (SSSR count). The third-order valence-electron chi connectivity index (χ3n) is 3.59. The summed E-state index contributed by atoms with van der Waals surface area (Å²) in [5.74, 6) is -0.172. The van der Waals surface area contributed by atoms with Gasteiger partial charge in [0.05, 0.1) is 11.8 Å². The van der Waals surface area contributed by atoms with Crippen LogP contribution in [0.15, 0.2) is 0 Å². The molecule has 1 saturated heterocycles. The average Bonchev–Trinajstić information content (AvgIpc) is 2.77. The molecule has 1 saturated carbocycles. The van der Waals surface area contributed by atoms with E-state index in [0.29, 0.717) is 11.6 Å². The molecule has 0 bridgehead atoms. The van der Waals surface area contributed by atoms with Crippen molar-refractivity contribution < 1.29 is 14.7 Å². The molecule has 0 aromatic carbocycles. The summed E-state index contributed by atoms with van der Waals surface area (Å²) in [4.78, 5) is 24.8. The van der Waals surface area contributed by atoms with E-state index in [1.807, 2.05) is 0 Å².